The van der Waals surface area contributed by atoms with Crippen LogP contribution in [0.3, 0.4) is 0 Å². The van der Waals surface area contributed by atoms with Crippen LogP contribution in [0.5, 0.6) is 11.5 Å². The molecule has 4 aliphatic rings. The maximum absolute atomic E-state index is 6.71. The van der Waals surface area contributed by atoms with Gasteiger partial charge in [-0.05, 0) is 139 Å². The van der Waals surface area contributed by atoms with Crippen LogP contribution in [0.4, 0.5) is 0 Å². The summed E-state index contributed by atoms with van der Waals surface area (Å²) in [7, 11) is -4.86. The molecule has 4 unspecified atom stereocenters. The van der Waals surface area contributed by atoms with E-state index in [0.717, 1.165) is 24.3 Å². The number of hydrogen-bond acceptors (Lipinski definition) is 2. The predicted molar refractivity (Wildman–Crippen MR) is 276 cm³/mol. The number of allylic oxidation sites excluding steroid dienone is 16. The van der Waals surface area contributed by atoms with E-state index < -0.39 is 25.4 Å². The first-order valence-corrected chi connectivity index (χ1v) is 31.1. The van der Waals surface area contributed by atoms with Crippen molar-refractivity contribution in [2.75, 3.05) is 0 Å². The van der Waals surface area contributed by atoms with E-state index in [1.54, 1.807) is 11.1 Å². The molecule has 0 fully saturated rings. The zero-order valence-electron chi connectivity index (χ0n) is 39.7. The van der Waals surface area contributed by atoms with Crippen LogP contribution in [0.25, 0.3) is 21.5 Å². The van der Waals surface area contributed by atoms with Gasteiger partial charge >= 0.3 is 0 Å². The summed E-state index contributed by atoms with van der Waals surface area (Å²) in [5, 5.41) is 5.32. The van der Waals surface area contributed by atoms with Gasteiger partial charge in [0.15, 0.2) is 0 Å². The summed E-state index contributed by atoms with van der Waals surface area (Å²) in [6.07, 6.45) is 26.3. The van der Waals surface area contributed by atoms with Gasteiger partial charge in [0.2, 0.25) is 16.6 Å². The Balaban J connectivity index is 1.10. The highest BCUT2D eigenvalue weighted by atomic mass is 28.4. The molecule has 321 valence electrons. The zero-order chi connectivity index (χ0) is 44.4. The second kappa shape index (κ2) is 16.6. The molecule has 4 atom stereocenters. The van der Waals surface area contributed by atoms with Gasteiger partial charge in [-0.3, -0.25) is 0 Å². The highest BCUT2D eigenvalue weighted by Gasteiger charge is 2.43. The summed E-state index contributed by atoms with van der Waals surface area (Å²) < 4.78 is 13.4. The second-order valence-corrected chi connectivity index (χ2v) is 33.4. The first-order chi connectivity index (χ1) is 29.3. The van der Waals surface area contributed by atoms with Crippen LogP contribution >= 0.6 is 0 Å². The third-order valence-corrected chi connectivity index (χ3v) is 27.1. The molecule has 8 rings (SSSR count). The molecule has 2 nitrogen and oxygen atoms in total. The lowest BCUT2D eigenvalue weighted by molar-refractivity contribution is 0.492. The van der Waals surface area contributed by atoms with E-state index in [4.69, 9.17) is 8.85 Å². The molecule has 1 radical (unpaired) electrons. The Bertz CT molecular complexity index is 2480. The van der Waals surface area contributed by atoms with Crippen LogP contribution in [0.15, 0.2) is 167 Å². The van der Waals surface area contributed by atoms with Crippen molar-refractivity contribution in [1.82, 2.24) is 0 Å². The van der Waals surface area contributed by atoms with Gasteiger partial charge in [0.25, 0.3) is 0 Å². The van der Waals surface area contributed by atoms with Gasteiger partial charge in [-0.25, -0.2) is 0 Å². The Labute approximate surface area is 377 Å². The van der Waals surface area contributed by atoms with Crippen molar-refractivity contribution in [2.24, 2.45) is 0 Å². The SMILES string of the molecule is CCC1=CC2=C(C=CC=CC2c2ccc3cc(O[Si](C)(C)C(C)(C)C)ccc3c2)C1[Si](C)C1C(CC)=CC2=C1C=CC=CC2c1ccc2cc(O[Si](C)(C)C(C)(C)C)ccc2c1. The Morgan fingerprint density at radius 1 is 0.500 bits per heavy atom. The zero-order valence-corrected chi connectivity index (χ0v) is 42.7. The average molecular weight is 870 g/mol. The van der Waals surface area contributed by atoms with E-state index in [1.165, 1.54) is 55.0 Å². The summed E-state index contributed by atoms with van der Waals surface area (Å²) >= 11 is 0. The maximum Gasteiger partial charge on any atom is 0.250 e. The highest BCUT2D eigenvalue weighted by Crippen LogP contribution is 2.55. The largest absolute Gasteiger partial charge is 0.543 e. The van der Waals surface area contributed by atoms with E-state index in [9.17, 15) is 0 Å². The van der Waals surface area contributed by atoms with E-state index >= 15 is 0 Å². The molecule has 0 aromatic heterocycles. The van der Waals surface area contributed by atoms with Crippen molar-refractivity contribution in [3.63, 3.8) is 0 Å². The van der Waals surface area contributed by atoms with Crippen molar-refractivity contribution in [3.8, 4) is 11.5 Å². The lowest BCUT2D eigenvalue weighted by atomic mass is 9.88. The molecule has 0 saturated heterocycles. The third-order valence-electron chi connectivity index (χ3n) is 15.2. The first kappa shape index (κ1) is 44.2. The molecule has 0 aliphatic heterocycles. The van der Waals surface area contributed by atoms with Crippen LogP contribution in [0.1, 0.15) is 91.2 Å². The van der Waals surface area contributed by atoms with Crippen LogP contribution in [0.2, 0.25) is 53.9 Å². The van der Waals surface area contributed by atoms with Crippen molar-refractivity contribution in [2.45, 2.75) is 134 Å². The third kappa shape index (κ3) is 8.26. The lowest BCUT2D eigenvalue weighted by Gasteiger charge is -2.36. The molecule has 0 N–H and O–H groups in total. The highest BCUT2D eigenvalue weighted by molar-refractivity contribution is 6.75. The molecule has 0 spiro atoms. The van der Waals surface area contributed by atoms with Gasteiger partial charge < -0.3 is 8.85 Å². The van der Waals surface area contributed by atoms with Gasteiger partial charge in [-0.2, -0.15) is 0 Å². The number of fused-ring (bicyclic) bond motifs is 2. The Morgan fingerprint density at radius 3 is 1.24 bits per heavy atom. The number of benzene rings is 4. The van der Waals surface area contributed by atoms with Crippen LogP contribution in [0, 0.1) is 0 Å². The normalized spacial score (nSPS) is 21.7. The molecule has 0 heterocycles. The van der Waals surface area contributed by atoms with Gasteiger partial charge in [-0.15, -0.1) is 0 Å². The minimum atomic E-state index is -1.93. The summed E-state index contributed by atoms with van der Waals surface area (Å²) in [6.45, 7) is 30.5. The van der Waals surface area contributed by atoms with Crippen molar-refractivity contribution in [1.29, 1.82) is 0 Å². The molecule has 0 saturated carbocycles. The predicted octanol–water partition coefficient (Wildman–Crippen LogP) is 17.0. The molecule has 4 aliphatic carbocycles. The Hall–Kier alpha value is -4.43. The van der Waals surface area contributed by atoms with Crippen molar-refractivity contribution < 1.29 is 8.85 Å². The minimum Gasteiger partial charge on any atom is -0.543 e. The number of hydrogen-bond donors (Lipinski definition) is 0. The molecule has 0 amide bonds. The second-order valence-electron chi connectivity index (χ2n) is 21.3. The number of rotatable bonds is 10. The van der Waals surface area contributed by atoms with E-state index in [1.807, 2.05) is 0 Å². The quantitative estimate of drug-likeness (QED) is 0.148. The molecular weight excluding hydrogens is 801 g/mol. The molecule has 4 aromatic carbocycles. The summed E-state index contributed by atoms with van der Waals surface area (Å²) in [5.41, 5.74) is 12.9. The van der Waals surface area contributed by atoms with Crippen LogP contribution < -0.4 is 8.85 Å². The molecule has 5 heteroatoms. The molecule has 4 aromatic rings. The smallest absolute Gasteiger partial charge is 0.250 e. The monoisotopic (exact) mass is 869 g/mol. The van der Waals surface area contributed by atoms with Gasteiger partial charge in [0.05, 0.1) is 8.80 Å². The van der Waals surface area contributed by atoms with Crippen LogP contribution in [-0.2, 0) is 0 Å². The van der Waals surface area contributed by atoms with Crippen LogP contribution in [-0.4, -0.2) is 25.4 Å². The molecule has 62 heavy (non-hydrogen) atoms. The van der Waals surface area contributed by atoms with Gasteiger partial charge in [-0.1, -0.05) is 182 Å². The minimum absolute atomic E-state index is 0.156. The van der Waals surface area contributed by atoms with E-state index in [2.05, 4.69) is 222 Å². The van der Waals surface area contributed by atoms with Crippen molar-refractivity contribution in [3.05, 3.63) is 178 Å². The molecular formula is C57H69O2Si3. The Morgan fingerprint density at radius 2 is 0.871 bits per heavy atom. The maximum atomic E-state index is 6.71. The van der Waals surface area contributed by atoms with Gasteiger partial charge in [0, 0.05) is 11.8 Å². The fourth-order valence-corrected chi connectivity index (χ4v) is 15.2. The summed E-state index contributed by atoms with van der Waals surface area (Å²) in [5.74, 6) is 2.40. The Kier molecular flexibility index (Phi) is 11.8. The van der Waals surface area contributed by atoms with Crippen molar-refractivity contribution >= 4 is 47.0 Å². The fraction of sp³-hybridized carbons (Fsp3) is 0.368. The average Bonchev–Trinajstić information content (AvgIpc) is 3.60. The van der Waals surface area contributed by atoms with E-state index in [0.29, 0.717) is 11.1 Å². The first-order valence-electron chi connectivity index (χ1n) is 23.2. The molecule has 0 bridgehead atoms. The lowest BCUT2D eigenvalue weighted by Crippen LogP contribution is -2.43. The standard InChI is InChI=1S/C57H69O2Si3/c1-14-38-36-52-48(44-26-24-42-34-46(30-28-40(42)32-44)58-61(10,11)56(3,4)5)20-16-18-22-50(52)54(38)60(9)55-39(15-2)37-53-49(21-17-19-23-51(53)55)45-27-25-43-35-47(31-29-41(43)33-45)59-62(12,13)57(6,7)8/h16-37,48-49,54-55H,14-15H2,1-13H3. The topological polar surface area (TPSA) is 18.5 Å². The van der Waals surface area contributed by atoms with Gasteiger partial charge in [0.1, 0.15) is 11.5 Å². The van der Waals surface area contributed by atoms with E-state index in [-0.39, 0.29) is 21.9 Å². The summed E-state index contributed by atoms with van der Waals surface area (Å²) in [6, 6.07) is 27.6. The fourth-order valence-electron chi connectivity index (χ4n) is 9.60. The summed E-state index contributed by atoms with van der Waals surface area (Å²) in [4.78, 5) is 0.